The Morgan fingerprint density at radius 1 is 0.581 bits per heavy atom. The molecule has 0 amide bonds. The van der Waals surface area contributed by atoms with Crippen LogP contribution in [0.5, 0.6) is 23.0 Å². The largest absolute Gasteiger partial charge is 0.496 e. The van der Waals surface area contributed by atoms with Gasteiger partial charge in [0.15, 0.2) is 12.6 Å². The molecule has 0 unspecified atom stereocenters. The number of hydrogen-bond donors (Lipinski definition) is 2. The van der Waals surface area contributed by atoms with Crippen LogP contribution < -0.4 is 18.9 Å². The van der Waals surface area contributed by atoms with Gasteiger partial charge in [-0.05, 0) is 35.4 Å². The van der Waals surface area contributed by atoms with Gasteiger partial charge in [0, 0.05) is 46.4 Å². The van der Waals surface area contributed by atoms with Crippen molar-refractivity contribution in [3.63, 3.8) is 0 Å². The lowest BCUT2D eigenvalue weighted by molar-refractivity contribution is 0.111. The summed E-state index contributed by atoms with van der Waals surface area (Å²) in [5.41, 5.74) is 7.20. The Labute approximate surface area is 244 Å². The molecule has 9 nitrogen and oxygen atoms in total. The van der Waals surface area contributed by atoms with Crippen molar-refractivity contribution in [2.45, 2.75) is 0 Å². The Bertz CT molecular complexity index is 2080. The number of aldehydes is 2. The number of carbonyl (C=O) groups is 2. The molecular weight excluding hydrogens is 548 g/mol. The number of nitrogens with one attached hydrogen (secondary N) is 2. The van der Waals surface area contributed by atoms with Crippen molar-refractivity contribution in [1.82, 2.24) is 9.97 Å². The van der Waals surface area contributed by atoms with Gasteiger partial charge in [0.25, 0.3) is 0 Å². The molecule has 3 aromatic heterocycles. The van der Waals surface area contributed by atoms with Crippen LogP contribution in [0, 0.1) is 0 Å². The molecule has 0 fully saturated rings. The highest BCUT2D eigenvalue weighted by Crippen LogP contribution is 2.44. The first-order chi connectivity index (χ1) is 21.0. The van der Waals surface area contributed by atoms with Crippen LogP contribution in [-0.4, -0.2) is 51.0 Å². The predicted octanol–water partition coefficient (Wildman–Crippen LogP) is 7.54. The fourth-order valence-corrected chi connectivity index (χ4v) is 6.03. The van der Waals surface area contributed by atoms with Crippen LogP contribution >= 0.6 is 0 Å². The smallest absolute Gasteiger partial charge is 0.155 e. The van der Waals surface area contributed by atoms with Crippen molar-refractivity contribution in [2.75, 3.05) is 28.4 Å². The van der Waals surface area contributed by atoms with Gasteiger partial charge in [-0.1, -0.05) is 12.1 Å². The summed E-state index contributed by atoms with van der Waals surface area (Å²) < 4.78 is 28.5. The fourth-order valence-electron chi connectivity index (χ4n) is 6.03. The number of furan rings is 1. The van der Waals surface area contributed by atoms with E-state index in [2.05, 4.69) is 22.1 Å². The summed E-state index contributed by atoms with van der Waals surface area (Å²) in [6.07, 6.45) is 5.29. The highest BCUT2D eigenvalue weighted by Gasteiger charge is 2.21. The van der Waals surface area contributed by atoms with Crippen LogP contribution in [0.3, 0.4) is 0 Å². The number of ether oxygens (including phenoxy) is 4. The first-order valence-corrected chi connectivity index (χ1v) is 13.4. The lowest BCUT2D eigenvalue weighted by Gasteiger charge is -2.11. The summed E-state index contributed by atoms with van der Waals surface area (Å²) in [5, 5.41) is 3.42. The van der Waals surface area contributed by atoms with Crippen LogP contribution in [0.4, 0.5) is 0 Å². The van der Waals surface area contributed by atoms with E-state index >= 15 is 0 Å². The third-order valence-electron chi connectivity index (χ3n) is 8.05. The van der Waals surface area contributed by atoms with Gasteiger partial charge in [0.1, 0.15) is 34.2 Å². The van der Waals surface area contributed by atoms with Gasteiger partial charge in [-0.15, -0.1) is 0 Å². The maximum absolute atomic E-state index is 12.0. The molecule has 4 aromatic carbocycles. The van der Waals surface area contributed by atoms with Crippen molar-refractivity contribution in [3.05, 3.63) is 72.1 Å². The molecular formula is C34H26N2O7. The van der Waals surface area contributed by atoms with E-state index in [1.165, 1.54) is 14.2 Å². The van der Waals surface area contributed by atoms with Gasteiger partial charge in [-0.3, -0.25) is 9.59 Å². The van der Waals surface area contributed by atoms with Gasteiger partial charge in [0.05, 0.1) is 61.4 Å². The summed E-state index contributed by atoms with van der Waals surface area (Å²) in [6, 6.07) is 15.4. The first kappa shape index (κ1) is 26.2. The standard InChI is InChI=1S/C34H26N2O7/c1-39-27-11-29(41-3)31-21(13-35-33(31)23(27)15-37)17-5-7-25-19(9-17)20-10-18(6-8-26(20)43-25)22-14-36-34-24(16-38)28(40-2)12-30(42-4)32(22)34/h5-16,35-36H,1-4H3. The first-order valence-electron chi connectivity index (χ1n) is 13.4. The molecule has 0 aliphatic carbocycles. The number of benzene rings is 4. The third kappa shape index (κ3) is 3.78. The molecule has 0 spiro atoms. The SMILES string of the molecule is COc1cc(OC)c2c(-c3ccc4oc5ccc(-c6c[nH]c7c(C=O)c(OC)cc(OC)c67)cc5c4c3)c[nH]c2c1C=O. The molecule has 7 rings (SSSR count). The number of aromatic nitrogens is 2. The third-order valence-corrected chi connectivity index (χ3v) is 8.05. The lowest BCUT2D eigenvalue weighted by atomic mass is 9.98. The molecule has 0 saturated carbocycles. The van der Waals surface area contributed by atoms with Gasteiger partial charge in [-0.2, -0.15) is 0 Å². The highest BCUT2D eigenvalue weighted by atomic mass is 16.5. The van der Waals surface area contributed by atoms with E-state index in [0.717, 1.165) is 67.5 Å². The van der Waals surface area contributed by atoms with Gasteiger partial charge in [-0.25, -0.2) is 0 Å². The van der Waals surface area contributed by atoms with E-state index < -0.39 is 0 Å². The van der Waals surface area contributed by atoms with Crippen molar-refractivity contribution >= 4 is 56.3 Å². The summed E-state index contributed by atoms with van der Waals surface area (Å²) >= 11 is 0. The molecule has 0 bridgehead atoms. The van der Waals surface area contributed by atoms with E-state index in [9.17, 15) is 9.59 Å². The van der Waals surface area contributed by atoms with E-state index in [-0.39, 0.29) is 0 Å². The molecule has 7 aromatic rings. The number of methoxy groups -OCH3 is 4. The van der Waals surface area contributed by atoms with Crippen molar-refractivity contribution in [3.8, 4) is 45.3 Å². The van der Waals surface area contributed by atoms with Crippen LogP contribution in [0.15, 0.2) is 65.3 Å². The number of aromatic amines is 2. The second kappa shape index (κ2) is 9.99. The van der Waals surface area contributed by atoms with Crippen LogP contribution in [-0.2, 0) is 0 Å². The zero-order chi connectivity index (χ0) is 29.8. The summed E-state index contributed by atoms with van der Waals surface area (Å²) in [5.74, 6) is 2.05. The van der Waals surface area contributed by atoms with E-state index in [4.69, 9.17) is 23.4 Å². The number of rotatable bonds is 8. The molecule has 0 atom stereocenters. The van der Waals surface area contributed by atoms with Gasteiger partial charge >= 0.3 is 0 Å². The van der Waals surface area contributed by atoms with Crippen molar-refractivity contribution < 1.29 is 33.0 Å². The minimum absolute atomic E-state index is 0.425. The Hall–Kier alpha value is -5.70. The minimum Gasteiger partial charge on any atom is -0.496 e. The zero-order valence-corrected chi connectivity index (χ0v) is 23.8. The lowest BCUT2D eigenvalue weighted by Crippen LogP contribution is -1.95. The maximum atomic E-state index is 12.0. The molecule has 9 heteroatoms. The van der Waals surface area contributed by atoms with Crippen LogP contribution in [0.25, 0.3) is 66.0 Å². The number of fused-ring (bicyclic) bond motifs is 5. The number of hydrogen-bond acceptors (Lipinski definition) is 7. The fraction of sp³-hybridized carbons (Fsp3) is 0.118. The molecule has 43 heavy (non-hydrogen) atoms. The van der Waals surface area contributed by atoms with Crippen LogP contribution in [0.1, 0.15) is 20.7 Å². The summed E-state index contributed by atoms with van der Waals surface area (Å²) in [6.45, 7) is 0. The maximum Gasteiger partial charge on any atom is 0.155 e. The topological polar surface area (TPSA) is 116 Å². The summed E-state index contributed by atoms with van der Waals surface area (Å²) in [7, 11) is 6.23. The molecule has 0 radical (unpaired) electrons. The van der Waals surface area contributed by atoms with E-state index in [0.29, 0.717) is 45.2 Å². The van der Waals surface area contributed by atoms with E-state index in [1.807, 2.05) is 36.7 Å². The van der Waals surface area contributed by atoms with Gasteiger partial charge in [0.2, 0.25) is 0 Å². The second-order valence-corrected chi connectivity index (χ2v) is 10.1. The van der Waals surface area contributed by atoms with Crippen LogP contribution in [0.2, 0.25) is 0 Å². The Morgan fingerprint density at radius 2 is 1.00 bits per heavy atom. The second-order valence-electron chi connectivity index (χ2n) is 10.1. The Kier molecular flexibility index (Phi) is 6.09. The normalized spacial score (nSPS) is 11.4. The molecule has 0 aliphatic heterocycles. The monoisotopic (exact) mass is 574 g/mol. The highest BCUT2D eigenvalue weighted by molar-refractivity contribution is 6.13. The predicted molar refractivity (Wildman–Crippen MR) is 165 cm³/mol. The van der Waals surface area contributed by atoms with Crippen molar-refractivity contribution in [2.24, 2.45) is 0 Å². The average molecular weight is 575 g/mol. The molecule has 0 aliphatic rings. The zero-order valence-electron chi connectivity index (χ0n) is 23.8. The number of H-pyrrole nitrogens is 2. The van der Waals surface area contributed by atoms with Gasteiger partial charge < -0.3 is 33.3 Å². The van der Waals surface area contributed by atoms with Crippen molar-refractivity contribution in [1.29, 1.82) is 0 Å². The molecule has 3 heterocycles. The summed E-state index contributed by atoms with van der Waals surface area (Å²) in [4.78, 5) is 30.4. The average Bonchev–Trinajstić information content (AvgIpc) is 3.78. The molecule has 2 N–H and O–H groups in total. The van der Waals surface area contributed by atoms with E-state index in [1.54, 1.807) is 26.4 Å². The molecule has 214 valence electrons. The molecule has 0 saturated heterocycles. The Balaban J connectivity index is 1.43. The Morgan fingerprint density at radius 3 is 1.37 bits per heavy atom. The quantitative estimate of drug-likeness (QED) is 0.180. The number of carbonyl (C=O) groups excluding carboxylic acids is 2. The minimum atomic E-state index is 0.425.